The van der Waals surface area contributed by atoms with Crippen molar-refractivity contribution in [3.05, 3.63) is 101 Å². The van der Waals surface area contributed by atoms with E-state index in [1.54, 1.807) is 25.2 Å². The van der Waals surface area contributed by atoms with Crippen molar-refractivity contribution in [2.24, 2.45) is 0 Å². The Hall–Kier alpha value is -3.67. The molecular weight excluding hydrogens is 407 g/mol. The van der Waals surface area contributed by atoms with Gasteiger partial charge in [0.1, 0.15) is 17.6 Å². The van der Waals surface area contributed by atoms with Gasteiger partial charge >= 0.3 is 0 Å². The molecule has 0 radical (unpaired) electrons. The lowest BCUT2D eigenvalue weighted by Gasteiger charge is -2.31. The molecule has 166 valence electrons. The maximum atomic E-state index is 13.4. The number of carbonyl (C=O) groups is 2. The van der Waals surface area contributed by atoms with Crippen molar-refractivity contribution in [3.63, 3.8) is 0 Å². The highest BCUT2D eigenvalue weighted by Crippen LogP contribution is 2.17. The molecule has 2 amide bonds. The Morgan fingerprint density at radius 1 is 0.969 bits per heavy atom. The van der Waals surface area contributed by atoms with Crippen molar-refractivity contribution in [2.75, 3.05) is 13.7 Å². The summed E-state index contributed by atoms with van der Waals surface area (Å²) in [5.74, 6) is -0.388. The molecule has 3 rings (SSSR count). The molecule has 1 unspecified atom stereocenters. The summed E-state index contributed by atoms with van der Waals surface area (Å²) in [6, 6.07) is 22.1. The lowest BCUT2D eigenvalue weighted by molar-refractivity contribution is -0.142. The van der Waals surface area contributed by atoms with E-state index in [-0.39, 0.29) is 30.8 Å². The predicted molar refractivity (Wildman–Crippen MR) is 122 cm³/mol. The van der Waals surface area contributed by atoms with Crippen LogP contribution in [0.25, 0.3) is 0 Å². The van der Waals surface area contributed by atoms with Crippen molar-refractivity contribution in [3.8, 4) is 5.75 Å². The lowest BCUT2D eigenvalue weighted by atomic mass is 10.0. The monoisotopic (exact) mass is 434 g/mol. The highest BCUT2D eigenvalue weighted by atomic mass is 19.1. The fraction of sp³-hybridized carbons (Fsp3) is 0.231. The average Bonchev–Trinajstić information content (AvgIpc) is 2.81. The first kappa shape index (κ1) is 23.0. The zero-order valence-electron chi connectivity index (χ0n) is 18.3. The number of hydrogen-bond acceptors (Lipinski definition) is 3. The second-order valence-corrected chi connectivity index (χ2v) is 7.57. The van der Waals surface area contributed by atoms with Crippen molar-refractivity contribution < 1.29 is 18.7 Å². The van der Waals surface area contributed by atoms with E-state index in [2.05, 4.69) is 5.32 Å². The quantitative estimate of drug-likeness (QED) is 0.556. The number of nitrogens with zero attached hydrogens (tertiary/aromatic N) is 1. The number of likely N-dealkylation sites (N-methyl/N-ethyl adjacent to an activating group) is 1. The number of rotatable bonds is 9. The summed E-state index contributed by atoms with van der Waals surface area (Å²) in [7, 11) is 1.55. The Morgan fingerprint density at radius 2 is 1.69 bits per heavy atom. The maximum Gasteiger partial charge on any atom is 0.261 e. The van der Waals surface area contributed by atoms with Crippen LogP contribution in [-0.4, -0.2) is 36.4 Å². The van der Waals surface area contributed by atoms with E-state index in [1.807, 2.05) is 55.5 Å². The molecule has 0 saturated heterocycles. The van der Waals surface area contributed by atoms with Gasteiger partial charge in [-0.3, -0.25) is 9.59 Å². The van der Waals surface area contributed by atoms with Gasteiger partial charge in [0.15, 0.2) is 6.61 Å². The van der Waals surface area contributed by atoms with Crippen LogP contribution in [0.15, 0.2) is 78.9 Å². The third-order valence-electron chi connectivity index (χ3n) is 5.14. The van der Waals surface area contributed by atoms with Crippen LogP contribution >= 0.6 is 0 Å². The maximum absolute atomic E-state index is 13.4. The molecular formula is C26H27FN2O3. The fourth-order valence-electron chi connectivity index (χ4n) is 3.44. The molecule has 3 aromatic carbocycles. The van der Waals surface area contributed by atoms with Crippen LogP contribution < -0.4 is 10.1 Å². The van der Waals surface area contributed by atoms with Crippen LogP contribution in [0.5, 0.6) is 5.75 Å². The normalized spacial score (nSPS) is 11.5. The summed E-state index contributed by atoms with van der Waals surface area (Å²) < 4.78 is 19.1. The van der Waals surface area contributed by atoms with E-state index in [9.17, 15) is 14.0 Å². The summed E-state index contributed by atoms with van der Waals surface area (Å²) >= 11 is 0. The molecule has 0 heterocycles. The number of amides is 2. The number of hydrogen-bond donors (Lipinski definition) is 1. The first-order chi connectivity index (χ1) is 15.5. The van der Waals surface area contributed by atoms with Crippen LogP contribution in [0.3, 0.4) is 0 Å². The highest BCUT2D eigenvalue weighted by molar-refractivity contribution is 5.88. The molecule has 3 aromatic rings. The van der Waals surface area contributed by atoms with Crippen LogP contribution in [0, 0.1) is 12.7 Å². The molecule has 0 aliphatic heterocycles. The summed E-state index contributed by atoms with van der Waals surface area (Å²) in [6.45, 7) is 1.88. The van der Waals surface area contributed by atoms with E-state index >= 15 is 0 Å². The van der Waals surface area contributed by atoms with Gasteiger partial charge in [-0.25, -0.2) is 4.39 Å². The van der Waals surface area contributed by atoms with Gasteiger partial charge in [0.05, 0.1) is 0 Å². The second-order valence-electron chi connectivity index (χ2n) is 7.57. The molecule has 5 nitrogen and oxygen atoms in total. The molecule has 0 fully saturated rings. The van der Waals surface area contributed by atoms with Crippen molar-refractivity contribution >= 4 is 11.8 Å². The summed E-state index contributed by atoms with van der Waals surface area (Å²) in [5, 5.41) is 2.66. The molecule has 0 aromatic heterocycles. The van der Waals surface area contributed by atoms with Gasteiger partial charge in [0, 0.05) is 20.0 Å². The molecule has 0 aliphatic rings. The Bertz CT molecular complexity index is 1040. The molecule has 1 atom stereocenters. The molecule has 0 spiro atoms. The van der Waals surface area contributed by atoms with E-state index < -0.39 is 6.04 Å². The van der Waals surface area contributed by atoms with Gasteiger partial charge in [-0.15, -0.1) is 0 Å². The average molecular weight is 435 g/mol. The van der Waals surface area contributed by atoms with E-state index in [0.717, 1.165) is 16.7 Å². The minimum Gasteiger partial charge on any atom is -0.484 e. The molecule has 32 heavy (non-hydrogen) atoms. The first-order valence-corrected chi connectivity index (χ1v) is 10.4. The number of nitrogens with one attached hydrogen (secondary N) is 1. The minimum atomic E-state index is -0.749. The smallest absolute Gasteiger partial charge is 0.261 e. The topological polar surface area (TPSA) is 58.6 Å². The second kappa shape index (κ2) is 11.1. The van der Waals surface area contributed by atoms with Gasteiger partial charge in [0.25, 0.3) is 5.91 Å². The highest BCUT2D eigenvalue weighted by Gasteiger charge is 2.30. The molecule has 1 N–H and O–H groups in total. The third kappa shape index (κ3) is 6.41. The van der Waals surface area contributed by atoms with Crippen LogP contribution in [0.1, 0.15) is 16.7 Å². The zero-order valence-corrected chi connectivity index (χ0v) is 18.3. The van der Waals surface area contributed by atoms with Crippen molar-refractivity contribution in [2.45, 2.75) is 25.9 Å². The number of aryl methyl sites for hydroxylation is 1. The van der Waals surface area contributed by atoms with Crippen molar-refractivity contribution in [1.29, 1.82) is 0 Å². The van der Waals surface area contributed by atoms with Gasteiger partial charge in [-0.1, -0.05) is 54.6 Å². The predicted octanol–water partition coefficient (Wildman–Crippen LogP) is 3.90. The Morgan fingerprint density at radius 3 is 2.34 bits per heavy atom. The first-order valence-electron chi connectivity index (χ1n) is 10.4. The summed E-state index contributed by atoms with van der Waals surface area (Å²) in [6.07, 6.45) is 0.345. The number of halogens is 1. The minimum absolute atomic E-state index is 0.154. The van der Waals surface area contributed by atoms with Gasteiger partial charge in [-0.05, 0) is 47.9 Å². The summed E-state index contributed by atoms with van der Waals surface area (Å²) in [5.41, 5.74) is 2.67. The Labute approximate surface area is 187 Å². The van der Waals surface area contributed by atoms with Crippen LogP contribution in [-0.2, 0) is 22.6 Å². The zero-order chi connectivity index (χ0) is 22.9. The molecule has 6 heteroatoms. The summed E-state index contributed by atoms with van der Waals surface area (Å²) in [4.78, 5) is 27.6. The van der Waals surface area contributed by atoms with Gasteiger partial charge < -0.3 is 15.0 Å². The molecule has 0 bridgehead atoms. The van der Waals surface area contributed by atoms with E-state index in [1.165, 1.54) is 17.0 Å². The standard InChI is InChI=1S/C26H27FN2O3/c1-19-7-6-10-23(15-19)32-18-25(30)29(17-21-11-13-22(27)14-12-21)24(26(31)28-2)16-20-8-4-3-5-9-20/h3-15,24H,16-18H2,1-2H3,(H,28,31). The number of carbonyl (C=O) groups excluding carboxylic acids is 2. The van der Waals surface area contributed by atoms with Crippen molar-refractivity contribution in [1.82, 2.24) is 10.2 Å². The number of ether oxygens (including phenoxy) is 1. The van der Waals surface area contributed by atoms with E-state index in [4.69, 9.17) is 4.74 Å². The van der Waals surface area contributed by atoms with Crippen LogP contribution in [0.4, 0.5) is 4.39 Å². The van der Waals surface area contributed by atoms with E-state index in [0.29, 0.717) is 12.2 Å². The fourth-order valence-corrected chi connectivity index (χ4v) is 3.44. The third-order valence-corrected chi connectivity index (χ3v) is 5.14. The largest absolute Gasteiger partial charge is 0.484 e. The lowest BCUT2D eigenvalue weighted by Crippen LogP contribution is -2.51. The Kier molecular flexibility index (Phi) is 7.97. The molecule has 0 saturated carbocycles. The van der Waals surface area contributed by atoms with Crippen LogP contribution in [0.2, 0.25) is 0 Å². The van der Waals surface area contributed by atoms with Gasteiger partial charge in [0.2, 0.25) is 5.91 Å². The Balaban J connectivity index is 1.86. The number of benzene rings is 3. The SMILES string of the molecule is CNC(=O)C(Cc1ccccc1)N(Cc1ccc(F)cc1)C(=O)COc1cccc(C)c1. The van der Waals surface area contributed by atoms with Gasteiger partial charge in [-0.2, -0.15) is 0 Å². The molecule has 0 aliphatic carbocycles.